The van der Waals surface area contributed by atoms with Gasteiger partial charge in [-0.2, -0.15) is 0 Å². The molecule has 3 N–H and O–H groups in total. The first-order chi connectivity index (χ1) is 11.8. The van der Waals surface area contributed by atoms with Crippen molar-refractivity contribution in [3.8, 4) is 0 Å². The summed E-state index contributed by atoms with van der Waals surface area (Å²) in [7, 11) is 12.5. The molecule has 3 nitrogen and oxygen atoms in total. The highest BCUT2D eigenvalue weighted by Crippen LogP contribution is 2.45. The van der Waals surface area contributed by atoms with Crippen LogP contribution in [0.1, 0.15) is 57.8 Å². The summed E-state index contributed by atoms with van der Waals surface area (Å²) in [5.41, 5.74) is 0. The molecule has 6 atom stereocenters. The fourth-order valence-electron chi connectivity index (χ4n) is 3.45. The van der Waals surface area contributed by atoms with Gasteiger partial charge in [0.05, 0.1) is 32.2 Å². The molecule has 138 valence electrons. The van der Waals surface area contributed by atoms with Crippen molar-refractivity contribution in [3.63, 3.8) is 0 Å². The quantitative estimate of drug-likeness (QED) is 0.427. The lowest BCUT2D eigenvalue weighted by Crippen LogP contribution is -2.40. The van der Waals surface area contributed by atoms with E-state index in [-0.39, 0.29) is 0 Å². The van der Waals surface area contributed by atoms with Gasteiger partial charge in [0.15, 0.2) is 0 Å². The van der Waals surface area contributed by atoms with Crippen LogP contribution >= 0.6 is 64.8 Å². The van der Waals surface area contributed by atoms with Crippen LogP contribution in [-0.2, 0) is 0 Å². The molecular formula is C15H27N3S6. The topological polar surface area (TPSA) is 36.1 Å². The van der Waals surface area contributed by atoms with Gasteiger partial charge in [-0.3, -0.25) is 16.0 Å². The van der Waals surface area contributed by atoms with Crippen LogP contribution in [0.25, 0.3) is 0 Å². The van der Waals surface area contributed by atoms with Crippen LogP contribution in [0, 0.1) is 0 Å². The molecule has 4 aliphatic rings. The summed E-state index contributed by atoms with van der Waals surface area (Å²) in [5.74, 6) is 0. The second-order valence-electron chi connectivity index (χ2n) is 6.80. The van der Waals surface area contributed by atoms with Crippen molar-refractivity contribution in [1.29, 1.82) is 0 Å². The van der Waals surface area contributed by atoms with Crippen molar-refractivity contribution in [2.75, 3.05) is 0 Å². The smallest absolute Gasteiger partial charge is 0.0646 e. The van der Waals surface area contributed by atoms with E-state index in [0.717, 1.165) is 0 Å². The number of nitrogens with one attached hydrogen (secondary N) is 3. The Morgan fingerprint density at radius 2 is 0.583 bits per heavy atom. The molecule has 0 aliphatic carbocycles. The Morgan fingerprint density at radius 1 is 0.375 bits per heavy atom. The number of hydrogen-bond donors (Lipinski definition) is 3. The first-order valence-corrected chi connectivity index (χ1v) is 15.9. The first-order valence-electron chi connectivity index (χ1n) is 9.10. The molecule has 0 spiro atoms. The highest BCUT2D eigenvalue weighted by atomic mass is 33.1. The van der Waals surface area contributed by atoms with E-state index in [1.807, 2.05) is 0 Å². The number of hydrogen-bond acceptors (Lipinski definition) is 9. The summed E-state index contributed by atoms with van der Waals surface area (Å²) in [6.07, 6.45) is 12.1. The first kappa shape index (κ1) is 19.3. The fourth-order valence-corrected chi connectivity index (χ4v) is 12.6. The zero-order chi connectivity index (χ0) is 16.2. The molecule has 0 aromatic rings. The number of rotatable bonds is 0. The molecule has 0 radical (unpaired) electrons. The molecular weight excluding hydrogens is 415 g/mol. The third kappa shape index (κ3) is 5.74. The van der Waals surface area contributed by atoms with Crippen molar-refractivity contribution in [3.05, 3.63) is 0 Å². The summed E-state index contributed by atoms with van der Waals surface area (Å²) in [6.45, 7) is 0. The monoisotopic (exact) mass is 441 g/mol. The normalized spacial score (nSPS) is 45.0. The molecule has 0 saturated carbocycles. The maximum Gasteiger partial charge on any atom is 0.0646 e. The van der Waals surface area contributed by atoms with Crippen molar-refractivity contribution >= 4 is 64.8 Å². The average molecular weight is 442 g/mol. The maximum absolute atomic E-state index is 3.89. The SMILES string of the molecule is C1CC2NC(C1)SSC1CCCC(N1)SSC1CCCC(N1)SS2. The van der Waals surface area contributed by atoms with Crippen molar-refractivity contribution < 1.29 is 0 Å². The zero-order valence-corrected chi connectivity index (χ0v) is 18.7. The molecule has 4 fully saturated rings. The van der Waals surface area contributed by atoms with E-state index < -0.39 is 0 Å². The minimum absolute atomic E-state index is 0.628. The van der Waals surface area contributed by atoms with Crippen LogP contribution in [0.5, 0.6) is 0 Å². The Labute approximate surface area is 169 Å². The van der Waals surface area contributed by atoms with E-state index in [9.17, 15) is 0 Å². The molecule has 0 aromatic heterocycles. The molecule has 9 heteroatoms. The second kappa shape index (κ2) is 9.96. The standard InChI is InChI=1S/C15H27N3S6/c1-4-10-16-11(5-1)20-22-13-7-3-9-15(18-13)24-23-14-8-2-6-12(17-14)21-19-10/h10-18H,1-9H2. The Morgan fingerprint density at radius 3 is 0.792 bits per heavy atom. The van der Waals surface area contributed by atoms with Crippen LogP contribution < -0.4 is 16.0 Å². The fraction of sp³-hybridized carbons (Fsp3) is 1.00. The molecule has 6 unspecified atom stereocenters. The summed E-state index contributed by atoms with van der Waals surface area (Å²) in [6, 6.07) is 0. The van der Waals surface area contributed by atoms with Crippen LogP contribution in [0.3, 0.4) is 0 Å². The Hall–Kier alpha value is 1.98. The van der Waals surface area contributed by atoms with Gasteiger partial charge < -0.3 is 0 Å². The number of fused-ring (bicyclic) bond motifs is 6. The zero-order valence-electron chi connectivity index (χ0n) is 13.8. The summed E-state index contributed by atoms with van der Waals surface area (Å²) in [4.78, 5) is 0. The number of piperidine rings is 3. The molecule has 4 aliphatic heterocycles. The van der Waals surface area contributed by atoms with Gasteiger partial charge >= 0.3 is 0 Å². The van der Waals surface area contributed by atoms with E-state index in [1.54, 1.807) is 0 Å². The molecule has 6 bridgehead atoms. The van der Waals surface area contributed by atoms with Gasteiger partial charge in [0.2, 0.25) is 0 Å². The summed E-state index contributed by atoms with van der Waals surface area (Å²) >= 11 is 0. The highest BCUT2D eigenvalue weighted by molar-refractivity contribution is 8.78. The van der Waals surface area contributed by atoms with Crippen LogP contribution in [0.2, 0.25) is 0 Å². The Kier molecular flexibility index (Phi) is 8.01. The van der Waals surface area contributed by atoms with Crippen LogP contribution in [0.4, 0.5) is 0 Å². The van der Waals surface area contributed by atoms with Gasteiger partial charge in [0.1, 0.15) is 0 Å². The van der Waals surface area contributed by atoms with Crippen molar-refractivity contribution in [2.45, 2.75) is 90.0 Å². The lowest BCUT2D eigenvalue weighted by molar-refractivity contribution is 0.465. The largest absolute Gasteiger partial charge is 0.292 e. The average Bonchev–Trinajstić information content (AvgIpc) is 2.64. The molecule has 24 heavy (non-hydrogen) atoms. The van der Waals surface area contributed by atoms with Gasteiger partial charge in [0, 0.05) is 0 Å². The molecule has 0 amide bonds. The summed E-state index contributed by atoms with van der Waals surface area (Å²) in [5, 5.41) is 15.4. The molecule has 4 saturated heterocycles. The third-order valence-corrected chi connectivity index (χ3v) is 13.9. The van der Waals surface area contributed by atoms with Gasteiger partial charge in [-0.1, -0.05) is 64.8 Å². The van der Waals surface area contributed by atoms with Gasteiger partial charge in [0.25, 0.3) is 0 Å². The van der Waals surface area contributed by atoms with E-state index in [2.05, 4.69) is 80.7 Å². The van der Waals surface area contributed by atoms with Crippen LogP contribution in [0.15, 0.2) is 0 Å². The molecule has 0 aromatic carbocycles. The molecule has 4 heterocycles. The third-order valence-electron chi connectivity index (χ3n) is 4.78. The van der Waals surface area contributed by atoms with Crippen molar-refractivity contribution in [2.24, 2.45) is 0 Å². The second-order valence-corrected chi connectivity index (χ2v) is 14.8. The lowest BCUT2D eigenvalue weighted by Gasteiger charge is -2.33. The predicted octanol–water partition coefficient (Wildman–Crippen LogP) is 5.42. The summed E-state index contributed by atoms with van der Waals surface area (Å²) < 4.78 is 0. The van der Waals surface area contributed by atoms with E-state index in [1.165, 1.54) is 57.8 Å². The predicted molar refractivity (Wildman–Crippen MR) is 119 cm³/mol. The van der Waals surface area contributed by atoms with E-state index in [0.29, 0.717) is 32.2 Å². The van der Waals surface area contributed by atoms with Crippen molar-refractivity contribution in [1.82, 2.24) is 16.0 Å². The van der Waals surface area contributed by atoms with Crippen LogP contribution in [-0.4, -0.2) is 32.2 Å². The van der Waals surface area contributed by atoms with E-state index >= 15 is 0 Å². The van der Waals surface area contributed by atoms with Gasteiger partial charge in [-0.05, 0) is 57.8 Å². The molecule has 4 rings (SSSR count). The van der Waals surface area contributed by atoms with Gasteiger partial charge in [-0.25, -0.2) is 0 Å². The maximum atomic E-state index is 3.89. The highest BCUT2D eigenvalue weighted by Gasteiger charge is 2.30. The minimum atomic E-state index is 0.628. The minimum Gasteiger partial charge on any atom is -0.292 e. The Bertz CT molecular complexity index is 316. The van der Waals surface area contributed by atoms with Gasteiger partial charge in [-0.15, -0.1) is 0 Å². The Balaban J connectivity index is 1.40. The lowest BCUT2D eigenvalue weighted by atomic mass is 10.2. The van der Waals surface area contributed by atoms with E-state index in [4.69, 9.17) is 0 Å².